The molecule has 4 rings (SSSR count). The van der Waals surface area contributed by atoms with Crippen LogP contribution in [0.5, 0.6) is 5.75 Å². The van der Waals surface area contributed by atoms with Crippen molar-refractivity contribution >= 4 is 15.9 Å². The summed E-state index contributed by atoms with van der Waals surface area (Å²) >= 11 is 0. The number of fused-ring (bicyclic) bond motifs is 1. The number of nitrogens with zero attached hydrogens (tertiary/aromatic N) is 2. The van der Waals surface area contributed by atoms with Crippen LogP contribution in [0.4, 0.5) is 0 Å². The van der Waals surface area contributed by atoms with E-state index in [1.807, 2.05) is 6.92 Å². The zero-order valence-corrected chi connectivity index (χ0v) is 19.6. The molecule has 31 heavy (non-hydrogen) atoms. The Morgan fingerprint density at radius 1 is 1.00 bits per heavy atom. The molecule has 0 spiro atoms. The maximum atomic E-state index is 13.4. The monoisotopic (exact) mass is 448 g/mol. The minimum absolute atomic E-state index is 0.0530. The average molecular weight is 449 g/mol. The van der Waals surface area contributed by atoms with Gasteiger partial charge in [-0.1, -0.05) is 19.8 Å². The fourth-order valence-electron chi connectivity index (χ4n) is 5.79. The van der Waals surface area contributed by atoms with Gasteiger partial charge >= 0.3 is 0 Å². The van der Waals surface area contributed by atoms with Gasteiger partial charge in [-0.15, -0.1) is 0 Å². The van der Waals surface area contributed by atoms with Crippen LogP contribution in [0, 0.1) is 17.8 Å². The summed E-state index contributed by atoms with van der Waals surface area (Å²) in [6.07, 6.45) is 7.20. The molecule has 3 aliphatic rings. The molecule has 0 aromatic heterocycles. The van der Waals surface area contributed by atoms with Crippen molar-refractivity contribution in [3.05, 3.63) is 24.3 Å². The van der Waals surface area contributed by atoms with Crippen molar-refractivity contribution in [2.45, 2.75) is 69.7 Å². The number of amides is 1. The predicted octanol–water partition coefficient (Wildman–Crippen LogP) is 3.91. The van der Waals surface area contributed by atoms with Gasteiger partial charge in [0.1, 0.15) is 5.75 Å². The van der Waals surface area contributed by atoms with E-state index in [1.54, 1.807) is 24.3 Å². The van der Waals surface area contributed by atoms with E-state index in [0.29, 0.717) is 56.2 Å². The Bertz CT molecular complexity index is 862. The molecule has 1 aliphatic carbocycles. The van der Waals surface area contributed by atoms with Crippen molar-refractivity contribution in [1.82, 2.24) is 9.21 Å². The minimum atomic E-state index is -3.54. The van der Waals surface area contributed by atoms with Crippen molar-refractivity contribution < 1.29 is 17.9 Å². The standard InChI is InChI=1S/C24H36N2O4S/c1-3-30-20-8-10-21(11-9-20)31(28,29)25-15-13-19(14-16-25)24(27)26-17-12-18(2)22-6-4-5-7-23(22)26/h8-11,18-19,22-23H,3-7,12-17H2,1-2H3. The second-order valence-corrected chi connectivity index (χ2v) is 11.3. The normalized spacial score (nSPS) is 28.2. The minimum Gasteiger partial charge on any atom is -0.494 e. The van der Waals surface area contributed by atoms with Gasteiger partial charge in [0.05, 0.1) is 11.5 Å². The summed E-state index contributed by atoms with van der Waals surface area (Å²) in [5, 5.41) is 0. The van der Waals surface area contributed by atoms with Crippen molar-refractivity contribution in [2.75, 3.05) is 26.2 Å². The molecular formula is C24H36N2O4S. The first-order chi connectivity index (χ1) is 14.9. The summed E-state index contributed by atoms with van der Waals surface area (Å²) in [6, 6.07) is 7.01. The van der Waals surface area contributed by atoms with Gasteiger partial charge in [0.25, 0.3) is 0 Å². The predicted molar refractivity (Wildman–Crippen MR) is 120 cm³/mol. The number of ether oxygens (including phenoxy) is 1. The lowest BCUT2D eigenvalue weighted by Crippen LogP contribution is -2.55. The van der Waals surface area contributed by atoms with Crippen LogP contribution in [0.3, 0.4) is 0 Å². The number of carbonyl (C=O) groups is 1. The topological polar surface area (TPSA) is 66.9 Å². The van der Waals surface area contributed by atoms with Crippen LogP contribution in [-0.4, -0.2) is 55.8 Å². The van der Waals surface area contributed by atoms with Crippen molar-refractivity contribution in [1.29, 1.82) is 0 Å². The molecule has 3 unspecified atom stereocenters. The third-order valence-electron chi connectivity index (χ3n) is 7.60. The quantitative estimate of drug-likeness (QED) is 0.685. The van der Waals surface area contributed by atoms with Gasteiger partial charge < -0.3 is 9.64 Å². The number of benzene rings is 1. The van der Waals surface area contributed by atoms with E-state index < -0.39 is 10.0 Å². The fourth-order valence-corrected chi connectivity index (χ4v) is 7.26. The Morgan fingerprint density at radius 3 is 2.35 bits per heavy atom. The Labute approximate surface area is 187 Å². The highest BCUT2D eigenvalue weighted by Gasteiger charge is 2.42. The number of likely N-dealkylation sites (tertiary alicyclic amines) is 1. The summed E-state index contributed by atoms with van der Waals surface area (Å²) in [6.45, 7) is 6.47. The molecule has 1 aromatic rings. The lowest BCUT2D eigenvalue weighted by molar-refractivity contribution is -0.144. The Morgan fingerprint density at radius 2 is 1.68 bits per heavy atom. The van der Waals surface area contributed by atoms with E-state index in [4.69, 9.17) is 4.74 Å². The largest absolute Gasteiger partial charge is 0.494 e. The Balaban J connectivity index is 1.38. The number of hydrogen-bond acceptors (Lipinski definition) is 4. The smallest absolute Gasteiger partial charge is 0.243 e. The number of sulfonamides is 1. The van der Waals surface area contributed by atoms with E-state index >= 15 is 0 Å². The first-order valence-electron chi connectivity index (χ1n) is 11.9. The van der Waals surface area contributed by atoms with Gasteiger partial charge in [-0.05, 0) is 75.1 Å². The molecule has 0 radical (unpaired) electrons. The van der Waals surface area contributed by atoms with Crippen LogP contribution < -0.4 is 4.74 Å². The van der Waals surface area contributed by atoms with E-state index in [0.717, 1.165) is 19.4 Å². The molecule has 2 saturated heterocycles. The molecule has 2 heterocycles. The van der Waals surface area contributed by atoms with Gasteiger partial charge in [0, 0.05) is 31.6 Å². The molecule has 0 N–H and O–H groups in total. The van der Waals surface area contributed by atoms with Gasteiger partial charge in [-0.2, -0.15) is 4.31 Å². The van der Waals surface area contributed by atoms with E-state index in [9.17, 15) is 13.2 Å². The first-order valence-corrected chi connectivity index (χ1v) is 13.4. The molecule has 3 fully saturated rings. The van der Waals surface area contributed by atoms with Gasteiger partial charge in [-0.25, -0.2) is 8.42 Å². The lowest BCUT2D eigenvalue weighted by atomic mass is 9.72. The summed E-state index contributed by atoms with van der Waals surface area (Å²) < 4.78 is 33.0. The summed E-state index contributed by atoms with van der Waals surface area (Å²) in [5.41, 5.74) is 0. The fraction of sp³-hybridized carbons (Fsp3) is 0.708. The number of carbonyl (C=O) groups excluding carboxylic acids is 1. The molecule has 172 valence electrons. The van der Waals surface area contributed by atoms with Crippen LogP contribution >= 0.6 is 0 Å². The molecule has 2 aliphatic heterocycles. The molecule has 1 aromatic carbocycles. The molecule has 0 bridgehead atoms. The Hall–Kier alpha value is -1.60. The van der Waals surface area contributed by atoms with Crippen LogP contribution in [0.25, 0.3) is 0 Å². The second-order valence-electron chi connectivity index (χ2n) is 9.40. The zero-order chi connectivity index (χ0) is 22.0. The number of hydrogen-bond donors (Lipinski definition) is 0. The van der Waals surface area contributed by atoms with Crippen LogP contribution in [0.15, 0.2) is 29.2 Å². The van der Waals surface area contributed by atoms with Crippen molar-refractivity contribution in [3.63, 3.8) is 0 Å². The highest BCUT2D eigenvalue weighted by atomic mass is 32.2. The van der Waals surface area contributed by atoms with Crippen molar-refractivity contribution in [2.24, 2.45) is 17.8 Å². The van der Waals surface area contributed by atoms with Crippen LogP contribution in [-0.2, 0) is 14.8 Å². The molecule has 3 atom stereocenters. The molecule has 7 heteroatoms. The summed E-state index contributed by atoms with van der Waals surface area (Å²) in [5.74, 6) is 2.23. The number of piperidine rings is 2. The molecule has 6 nitrogen and oxygen atoms in total. The molecule has 1 saturated carbocycles. The molecule has 1 amide bonds. The van der Waals surface area contributed by atoms with Gasteiger partial charge in [0.2, 0.25) is 15.9 Å². The second kappa shape index (κ2) is 9.49. The van der Waals surface area contributed by atoms with Gasteiger partial charge in [-0.3, -0.25) is 4.79 Å². The number of rotatable bonds is 5. The third kappa shape index (κ3) is 4.63. The average Bonchev–Trinajstić information content (AvgIpc) is 2.80. The van der Waals surface area contributed by atoms with E-state index in [-0.39, 0.29) is 16.7 Å². The van der Waals surface area contributed by atoms with Crippen LogP contribution in [0.1, 0.15) is 58.8 Å². The lowest BCUT2D eigenvalue weighted by Gasteiger charge is -2.48. The Kier molecular flexibility index (Phi) is 6.92. The highest BCUT2D eigenvalue weighted by molar-refractivity contribution is 7.89. The zero-order valence-electron chi connectivity index (χ0n) is 18.8. The third-order valence-corrected chi connectivity index (χ3v) is 9.51. The van der Waals surface area contributed by atoms with E-state index in [1.165, 1.54) is 23.6 Å². The SMILES string of the molecule is CCOc1ccc(S(=O)(=O)N2CCC(C(=O)N3CCC(C)C4CCCCC43)CC2)cc1. The van der Waals surface area contributed by atoms with E-state index in [2.05, 4.69) is 11.8 Å². The first kappa shape index (κ1) is 22.6. The maximum absolute atomic E-state index is 13.4. The summed E-state index contributed by atoms with van der Waals surface area (Å²) in [4.78, 5) is 15.8. The van der Waals surface area contributed by atoms with Gasteiger partial charge in [0.15, 0.2) is 0 Å². The maximum Gasteiger partial charge on any atom is 0.243 e. The summed E-state index contributed by atoms with van der Waals surface area (Å²) in [7, 11) is -3.54. The van der Waals surface area contributed by atoms with Crippen LogP contribution in [0.2, 0.25) is 0 Å². The highest BCUT2D eigenvalue weighted by Crippen LogP contribution is 2.40. The van der Waals surface area contributed by atoms with Crippen molar-refractivity contribution in [3.8, 4) is 5.75 Å². The molecular weight excluding hydrogens is 412 g/mol.